The van der Waals surface area contributed by atoms with Gasteiger partial charge in [0, 0.05) is 0 Å². The Kier molecular flexibility index (Phi) is 4.53. The van der Waals surface area contributed by atoms with Gasteiger partial charge < -0.3 is 0 Å². The van der Waals surface area contributed by atoms with Gasteiger partial charge in [-0.3, -0.25) is 0 Å². The maximum atomic E-state index is 2.37. The van der Waals surface area contributed by atoms with Gasteiger partial charge in [-0.1, -0.05) is 71.1 Å². The van der Waals surface area contributed by atoms with Crippen molar-refractivity contribution in [3.63, 3.8) is 0 Å². The number of rotatable bonds is 3. The Morgan fingerprint density at radius 3 is 2.20 bits per heavy atom. The second kappa shape index (κ2) is 5.92. The number of hydrogen-bond donors (Lipinski definition) is 0. The lowest BCUT2D eigenvalue weighted by molar-refractivity contribution is 0.121. The third kappa shape index (κ3) is 2.98. The minimum Gasteiger partial charge on any atom is -0.0654 e. The quantitative estimate of drug-likeness (QED) is 0.600. The molecule has 0 nitrogen and oxygen atoms in total. The van der Waals surface area contributed by atoms with Gasteiger partial charge in [-0.2, -0.15) is 0 Å². The molecule has 0 aromatic rings. The van der Waals surface area contributed by atoms with Crippen molar-refractivity contribution in [3.8, 4) is 0 Å². The lowest BCUT2D eigenvalue weighted by Crippen LogP contribution is -2.28. The summed E-state index contributed by atoms with van der Waals surface area (Å²) in [6, 6.07) is 0. The molecule has 2 rings (SSSR count). The van der Waals surface area contributed by atoms with Crippen LogP contribution in [0.2, 0.25) is 0 Å². The van der Waals surface area contributed by atoms with Crippen molar-refractivity contribution >= 4 is 0 Å². The van der Waals surface area contributed by atoms with E-state index in [2.05, 4.69) is 6.92 Å². The molecule has 0 bridgehead atoms. The summed E-state index contributed by atoms with van der Waals surface area (Å²) in [5.41, 5.74) is 0. The molecule has 0 amide bonds. The summed E-state index contributed by atoms with van der Waals surface area (Å²) < 4.78 is 0. The van der Waals surface area contributed by atoms with Crippen LogP contribution < -0.4 is 0 Å². The van der Waals surface area contributed by atoms with Gasteiger partial charge in [0.2, 0.25) is 0 Å². The van der Waals surface area contributed by atoms with Gasteiger partial charge >= 0.3 is 0 Å². The van der Waals surface area contributed by atoms with Crippen molar-refractivity contribution < 1.29 is 0 Å². The van der Waals surface area contributed by atoms with Crippen LogP contribution in [0.25, 0.3) is 0 Å². The normalized spacial score (nSPS) is 34.2. The first-order chi connectivity index (χ1) is 7.42. The standard InChI is InChI=1S/C15H28/c1-2-8-13-11-6-7-12-15(13)14-9-4-3-5-10-14/h13-15H,2-12H2,1H3/t13-,15-/m1/s1. The van der Waals surface area contributed by atoms with Crippen molar-refractivity contribution in [1.29, 1.82) is 0 Å². The maximum Gasteiger partial charge on any atom is -0.0357 e. The first kappa shape index (κ1) is 11.5. The molecule has 0 aromatic carbocycles. The summed E-state index contributed by atoms with van der Waals surface area (Å²) in [6.07, 6.45) is 16.8. The average Bonchev–Trinajstić information content (AvgIpc) is 2.31. The number of hydrogen-bond acceptors (Lipinski definition) is 0. The highest BCUT2D eigenvalue weighted by Gasteiger charge is 2.31. The largest absolute Gasteiger partial charge is 0.0654 e. The Morgan fingerprint density at radius 1 is 0.800 bits per heavy atom. The molecule has 2 saturated carbocycles. The van der Waals surface area contributed by atoms with Gasteiger partial charge in [0.15, 0.2) is 0 Å². The molecular formula is C15H28. The van der Waals surface area contributed by atoms with Crippen LogP contribution in [0.15, 0.2) is 0 Å². The monoisotopic (exact) mass is 208 g/mol. The van der Waals surface area contributed by atoms with Crippen LogP contribution in [0.1, 0.15) is 77.6 Å². The lowest BCUT2D eigenvalue weighted by Gasteiger charge is -2.39. The molecule has 88 valence electrons. The Bertz CT molecular complexity index is 154. The van der Waals surface area contributed by atoms with E-state index in [4.69, 9.17) is 0 Å². The summed E-state index contributed by atoms with van der Waals surface area (Å²) in [7, 11) is 0. The summed E-state index contributed by atoms with van der Waals surface area (Å²) in [5.74, 6) is 3.35. The molecule has 0 heterocycles. The predicted molar refractivity (Wildman–Crippen MR) is 66.9 cm³/mol. The van der Waals surface area contributed by atoms with Gasteiger partial charge in [-0.15, -0.1) is 0 Å². The van der Waals surface area contributed by atoms with Gasteiger partial charge in [-0.25, -0.2) is 0 Å². The smallest absolute Gasteiger partial charge is 0.0357 e. The zero-order chi connectivity index (χ0) is 10.5. The maximum absolute atomic E-state index is 2.37. The molecule has 2 aliphatic rings. The van der Waals surface area contributed by atoms with E-state index in [1.165, 1.54) is 44.9 Å². The molecule has 2 atom stereocenters. The Morgan fingerprint density at radius 2 is 1.47 bits per heavy atom. The molecule has 0 aliphatic heterocycles. The minimum atomic E-state index is 1.10. The van der Waals surface area contributed by atoms with E-state index >= 15 is 0 Å². The van der Waals surface area contributed by atoms with Crippen molar-refractivity contribution in [3.05, 3.63) is 0 Å². The zero-order valence-electron chi connectivity index (χ0n) is 10.5. The fraction of sp³-hybridized carbons (Fsp3) is 1.00. The fourth-order valence-electron chi connectivity index (χ4n) is 4.15. The Balaban J connectivity index is 1.90. The lowest BCUT2D eigenvalue weighted by atomic mass is 9.67. The molecule has 0 radical (unpaired) electrons. The van der Waals surface area contributed by atoms with Crippen LogP contribution in [-0.4, -0.2) is 0 Å². The van der Waals surface area contributed by atoms with Crippen LogP contribution >= 0.6 is 0 Å². The predicted octanol–water partition coefficient (Wildman–Crippen LogP) is 5.17. The minimum absolute atomic E-state index is 1.10. The summed E-state index contributed by atoms with van der Waals surface area (Å²) >= 11 is 0. The fourth-order valence-corrected chi connectivity index (χ4v) is 4.15. The first-order valence-corrected chi connectivity index (χ1v) is 7.42. The van der Waals surface area contributed by atoms with Crippen LogP contribution in [0, 0.1) is 17.8 Å². The first-order valence-electron chi connectivity index (χ1n) is 7.42. The van der Waals surface area contributed by atoms with E-state index in [-0.39, 0.29) is 0 Å². The molecule has 0 heteroatoms. The third-order valence-corrected chi connectivity index (χ3v) is 4.88. The zero-order valence-corrected chi connectivity index (χ0v) is 10.5. The second-order valence-electron chi connectivity index (χ2n) is 5.90. The summed E-state index contributed by atoms with van der Waals surface area (Å²) in [4.78, 5) is 0. The highest BCUT2D eigenvalue weighted by atomic mass is 14.4. The molecule has 2 fully saturated rings. The van der Waals surface area contributed by atoms with E-state index < -0.39 is 0 Å². The second-order valence-corrected chi connectivity index (χ2v) is 5.90. The van der Waals surface area contributed by atoms with E-state index in [9.17, 15) is 0 Å². The molecule has 0 N–H and O–H groups in total. The topological polar surface area (TPSA) is 0 Å². The van der Waals surface area contributed by atoms with Crippen molar-refractivity contribution in [1.82, 2.24) is 0 Å². The Hall–Kier alpha value is 0. The van der Waals surface area contributed by atoms with Crippen molar-refractivity contribution in [2.24, 2.45) is 17.8 Å². The summed E-state index contributed by atoms with van der Waals surface area (Å²) in [6.45, 7) is 2.37. The van der Waals surface area contributed by atoms with Crippen LogP contribution in [0.3, 0.4) is 0 Å². The molecule has 0 aromatic heterocycles. The third-order valence-electron chi connectivity index (χ3n) is 4.88. The van der Waals surface area contributed by atoms with Crippen LogP contribution in [0.4, 0.5) is 0 Å². The summed E-state index contributed by atoms with van der Waals surface area (Å²) in [5, 5.41) is 0. The molecule has 0 unspecified atom stereocenters. The molecular weight excluding hydrogens is 180 g/mol. The van der Waals surface area contributed by atoms with Gasteiger partial charge in [0.25, 0.3) is 0 Å². The molecule has 15 heavy (non-hydrogen) atoms. The van der Waals surface area contributed by atoms with Crippen LogP contribution in [0.5, 0.6) is 0 Å². The Labute approximate surface area is 95.8 Å². The highest BCUT2D eigenvalue weighted by Crippen LogP contribution is 2.43. The van der Waals surface area contributed by atoms with E-state index in [0.717, 1.165) is 17.8 Å². The molecule has 2 aliphatic carbocycles. The highest BCUT2D eigenvalue weighted by molar-refractivity contribution is 4.82. The van der Waals surface area contributed by atoms with Gasteiger partial charge in [-0.05, 0) is 24.2 Å². The molecule has 0 saturated heterocycles. The van der Waals surface area contributed by atoms with Crippen molar-refractivity contribution in [2.45, 2.75) is 77.6 Å². The van der Waals surface area contributed by atoms with E-state index in [0.29, 0.717) is 0 Å². The van der Waals surface area contributed by atoms with Crippen molar-refractivity contribution in [2.75, 3.05) is 0 Å². The van der Waals surface area contributed by atoms with E-state index in [1.807, 2.05) is 0 Å². The van der Waals surface area contributed by atoms with E-state index in [1.54, 1.807) is 25.7 Å². The SMILES string of the molecule is CCC[C@@H]1CCCC[C@H]1C1CCCCC1. The average molecular weight is 208 g/mol. The van der Waals surface area contributed by atoms with Crippen LogP contribution in [-0.2, 0) is 0 Å². The van der Waals surface area contributed by atoms with Gasteiger partial charge in [0.05, 0.1) is 0 Å². The van der Waals surface area contributed by atoms with Gasteiger partial charge in [0.1, 0.15) is 0 Å². The molecule has 0 spiro atoms.